The fourth-order valence-corrected chi connectivity index (χ4v) is 3.96. The Bertz CT molecular complexity index is 356. The van der Waals surface area contributed by atoms with Gasteiger partial charge in [-0.05, 0) is 57.9 Å². The van der Waals surface area contributed by atoms with Crippen molar-refractivity contribution in [3.05, 3.63) is 0 Å². The Kier molecular flexibility index (Phi) is 4.75. The van der Waals surface area contributed by atoms with Crippen LogP contribution in [0.5, 0.6) is 0 Å². The number of carbonyl (C=O) groups is 1. The van der Waals surface area contributed by atoms with Crippen LogP contribution in [0.3, 0.4) is 0 Å². The molecule has 0 bridgehead atoms. The van der Waals surface area contributed by atoms with E-state index in [1.165, 1.54) is 6.42 Å². The summed E-state index contributed by atoms with van der Waals surface area (Å²) in [6.45, 7) is 10.9. The molecular weight excluding hydrogens is 252 g/mol. The normalized spacial score (nSPS) is 35.3. The Morgan fingerprint density at radius 3 is 2.50 bits per heavy atom. The van der Waals surface area contributed by atoms with E-state index in [0.717, 1.165) is 44.2 Å². The Morgan fingerprint density at radius 2 is 2.00 bits per heavy atom. The highest BCUT2D eigenvalue weighted by atomic mass is 16.4. The van der Waals surface area contributed by atoms with Crippen molar-refractivity contribution < 1.29 is 9.90 Å². The molecular formula is C16H30N2O2. The molecule has 4 heteroatoms. The van der Waals surface area contributed by atoms with Crippen LogP contribution in [0.4, 0.5) is 0 Å². The first kappa shape index (κ1) is 15.8. The molecule has 1 heterocycles. The molecule has 2 N–H and O–H groups in total. The smallest absolute Gasteiger partial charge is 0.323 e. The zero-order valence-electron chi connectivity index (χ0n) is 13.4. The Labute approximate surface area is 122 Å². The lowest BCUT2D eigenvalue weighted by Gasteiger charge is -2.30. The molecule has 116 valence electrons. The molecule has 0 aromatic rings. The fourth-order valence-electron chi connectivity index (χ4n) is 3.96. The van der Waals surface area contributed by atoms with E-state index < -0.39 is 11.5 Å². The lowest BCUT2D eigenvalue weighted by Crippen LogP contribution is -2.53. The number of carboxylic acid groups (broad SMARTS) is 1. The average Bonchev–Trinajstić information content (AvgIpc) is 2.94. The molecule has 3 unspecified atom stereocenters. The Morgan fingerprint density at radius 1 is 1.30 bits per heavy atom. The van der Waals surface area contributed by atoms with Crippen molar-refractivity contribution in [2.45, 2.75) is 71.0 Å². The highest BCUT2D eigenvalue weighted by molar-refractivity contribution is 5.79. The summed E-state index contributed by atoms with van der Waals surface area (Å²) in [7, 11) is 0. The van der Waals surface area contributed by atoms with E-state index in [2.05, 4.69) is 24.1 Å². The molecule has 1 saturated heterocycles. The monoisotopic (exact) mass is 282 g/mol. The van der Waals surface area contributed by atoms with Crippen molar-refractivity contribution in [1.82, 2.24) is 10.2 Å². The third-order valence-corrected chi connectivity index (χ3v) is 5.18. The minimum atomic E-state index is -0.700. The molecule has 4 nitrogen and oxygen atoms in total. The summed E-state index contributed by atoms with van der Waals surface area (Å²) in [5.74, 6) is 0.848. The minimum Gasteiger partial charge on any atom is -0.480 e. The van der Waals surface area contributed by atoms with Gasteiger partial charge in [-0.1, -0.05) is 13.8 Å². The van der Waals surface area contributed by atoms with Crippen LogP contribution in [0.15, 0.2) is 0 Å². The van der Waals surface area contributed by atoms with Crippen LogP contribution in [0.25, 0.3) is 0 Å². The summed E-state index contributed by atoms with van der Waals surface area (Å²) in [4.78, 5) is 14.3. The summed E-state index contributed by atoms with van der Waals surface area (Å²) < 4.78 is 0. The van der Waals surface area contributed by atoms with Crippen LogP contribution < -0.4 is 5.32 Å². The molecule has 3 atom stereocenters. The molecule has 0 aromatic carbocycles. The molecule has 1 saturated carbocycles. The maximum Gasteiger partial charge on any atom is 0.323 e. The Hall–Kier alpha value is -0.610. The first-order valence-corrected chi connectivity index (χ1v) is 8.09. The van der Waals surface area contributed by atoms with Gasteiger partial charge in [0.15, 0.2) is 0 Å². The van der Waals surface area contributed by atoms with Gasteiger partial charge >= 0.3 is 5.97 Å². The lowest BCUT2D eigenvalue weighted by molar-refractivity contribution is -0.145. The lowest BCUT2D eigenvalue weighted by atomic mass is 9.95. The molecule has 0 spiro atoms. The molecule has 20 heavy (non-hydrogen) atoms. The molecule has 1 aliphatic heterocycles. The average molecular weight is 282 g/mol. The SMILES string of the molecule is CC(C)NC1(C(=O)O)CCC(N2CCC(C(C)C)C2)C1. The number of nitrogens with one attached hydrogen (secondary N) is 1. The molecule has 2 fully saturated rings. The van der Waals surface area contributed by atoms with Crippen LogP contribution in [0.1, 0.15) is 53.4 Å². The highest BCUT2D eigenvalue weighted by Crippen LogP contribution is 2.37. The summed E-state index contributed by atoms with van der Waals surface area (Å²) in [5, 5.41) is 12.9. The van der Waals surface area contributed by atoms with Gasteiger partial charge < -0.3 is 10.0 Å². The number of hydrogen-bond donors (Lipinski definition) is 2. The van der Waals surface area contributed by atoms with Crippen molar-refractivity contribution in [3.63, 3.8) is 0 Å². The topological polar surface area (TPSA) is 52.6 Å². The number of aliphatic carboxylic acids is 1. The number of carboxylic acids is 1. The molecule has 2 rings (SSSR count). The summed E-state index contributed by atoms with van der Waals surface area (Å²) in [6.07, 6.45) is 3.79. The van der Waals surface area contributed by atoms with Crippen LogP contribution >= 0.6 is 0 Å². The number of hydrogen-bond acceptors (Lipinski definition) is 3. The molecule has 0 amide bonds. The van der Waals surface area contributed by atoms with Gasteiger partial charge in [-0.25, -0.2) is 0 Å². The molecule has 0 radical (unpaired) electrons. The second-order valence-electron chi connectivity index (χ2n) is 7.37. The number of rotatable bonds is 5. The van der Waals surface area contributed by atoms with Gasteiger partial charge in [0.25, 0.3) is 0 Å². The van der Waals surface area contributed by atoms with E-state index in [9.17, 15) is 9.90 Å². The van der Waals surface area contributed by atoms with E-state index in [4.69, 9.17) is 0 Å². The van der Waals surface area contributed by atoms with Crippen LogP contribution in [-0.2, 0) is 4.79 Å². The van der Waals surface area contributed by atoms with E-state index in [0.29, 0.717) is 6.04 Å². The van der Waals surface area contributed by atoms with Gasteiger partial charge in [-0.3, -0.25) is 10.1 Å². The zero-order valence-corrected chi connectivity index (χ0v) is 13.4. The third-order valence-electron chi connectivity index (χ3n) is 5.18. The number of likely N-dealkylation sites (tertiary alicyclic amines) is 1. The molecule has 1 aliphatic carbocycles. The quantitative estimate of drug-likeness (QED) is 0.812. The first-order chi connectivity index (χ1) is 9.34. The van der Waals surface area contributed by atoms with Crippen molar-refractivity contribution in [2.75, 3.05) is 13.1 Å². The Balaban J connectivity index is 1.99. The van der Waals surface area contributed by atoms with Gasteiger partial charge in [0.1, 0.15) is 5.54 Å². The van der Waals surface area contributed by atoms with Gasteiger partial charge in [0.2, 0.25) is 0 Å². The van der Waals surface area contributed by atoms with Gasteiger partial charge in [0.05, 0.1) is 0 Å². The van der Waals surface area contributed by atoms with Crippen molar-refractivity contribution in [3.8, 4) is 0 Å². The maximum absolute atomic E-state index is 11.7. The summed E-state index contributed by atoms with van der Waals surface area (Å²) in [5.41, 5.74) is -0.700. The summed E-state index contributed by atoms with van der Waals surface area (Å²) in [6, 6.07) is 0.660. The number of nitrogens with zero attached hydrogens (tertiary/aromatic N) is 1. The van der Waals surface area contributed by atoms with Crippen molar-refractivity contribution in [2.24, 2.45) is 11.8 Å². The van der Waals surface area contributed by atoms with Crippen LogP contribution in [0.2, 0.25) is 0 Å². The van der Waals surface area contributed by atoms with E-state index in [1.807, 2.05) is 13.8 Å². The standard InChI is InChI=1S/C16H30N2O2/c1-11(2)13-6-8-18(10-13)14-5-7-16(9-14,15(19)20)17-12(3)4/h11-14,17H,5-10H2,1-4H3,(H,19,20). The van der Waals surface area contributed by atoms with Crippen molar-refractivity contribution >= 4 is 5.97 Å². The third kappa shape index (κ3) is 3.17. The van der Waals surface area contributed by atoms with Gasteiger partial charge in [-0.2, -0.15) is 0 Å². The predicted octanol–water partition coefficient (Wildman–Crippen LogP) is 2.34. The van der Waals surface area contributed by atoms with Gasteiger partial charge in [0, 0.05) is 18.6 Å². The van der Waals surface area contributed by atoms with Crippen LogP contribution in [-0.4, -0.2) is 46.7 Å². The fraction of sp³-hybridized carbons (Fsp3) is 0.938. The second kappa shape index (κ2) is 6.02. The first-order valence-electron chi connectivity index (χ1n) is 8.09. The molecule has 2 aliphatic rings. The van der Waals surface area contributed by atoms with E-state index in [1.54, 1.807) is 0 Å². The highest BCUT2D eigenvalue weighted by Gasteiger charge is 2.48. The maximum atomic E-state index is 11.7. The predicted molar refractivity (Wildman–Crippen MR) is 80.8 cm³/mol. The molecule has 0 aromatic heterocycles. The van der Waals surface area contributed by atoms with Gasteiger partial charge in [-0.15, -0.1) is 0 Å². The zero-order chi connectivity index (χ0) is 14.9. The van der Waals surface area contributed by atoms with E-state index in [-0.39, 0.29) is 6.04 Å². The summed E-state index contributed by atoms with van der Waals surface area (Å²) >= 11 is 0. The minimum absolute atomic E-state index is 0.215. The van der Waals surface area contributed by atoms with E-state index >= 15 is 0 Å². The second-order valence-corrected chi connectivity index (χ2v) is 7.37. The largest absolute Gasteiger partial charge is 0.480 e. The van der Waals surface area contributed by atoms with Crippen LogP contribution in [0, 0.1) is 11.8 Å². The van der Waals surface area contributed by atoms with Crippen molar-refractivity contribution in [1.29, 1.82) is 0 Å².